The van der Waals surface area contributed by atoms with Crippen LogP contribution >= 0.6 is 0 Å². The summed E-state index contributed by atoms with van der Waals surface area (Å²) in [6, 6.07) is 8.44. The molecule has 0 bridgehead atoms. The summed E-state index contributed by atoms with van der Waals surface area (Å²) in [6.07, 6.45) is 3.00. The van der Waals surface area contributed by atoms with E-state index < -0.39 is 5.91 Å². The van der Waals surface area contributed by atoms with Crippen LogP contribution in [0.5, 0.6) is 17.2 Å². The molecule has 0 saturated carbocycles. The Bertz CT molecular complexity index is 702. The SMILES string of the molecule is COc1cc(OC)c(OC)cc1/C=N\NC(=O)c1ccccn1. The molecule has 1 aromatic carbocycles. The molecule has 1 amide bonds. The molecule has 0 saturated heterocycles. The standard InChI is InChI=1S/C16H17N3O4/c1-21-13-9-15(23-3)14(22-2)8-11(13)10-18-19-16(20)12-6-4-5-7-17-12/h4-10H,1-3H3,(H,19,20)/b18-10-. The predicted octanol–water partition coefficient (Wildman–Crippen LogP) is 1.87. The first-order valence-corrected chi connectivity index (χ1v) is 6.74. The van der Waals surface area contributed by atoms with Crippen LogP contribution in [-0.2, 0) is 0 Å². The number of carbonyl (C=O) groups is 1. The van der Waals surface area contributed by atoms with Gasteiger partial charge in [-0.1, -0.05) is 6.07 Å². The first-order valence-electron chi connectivity index (χ1n) is 6.74. The van der Waals surface area contributed by atoms with Gasteiger partial charge in [-0.25, -0.2) is 5.43 Å². The zero-order valence-electron chi connectivity index (χ0n) is 13.1. The van der Waals surface area contributed by atoms with Crippen LogP contribution in [0, 0.1) is 0 Å². The fraction of sp³-hybridized carbons (Fsp3) is 0.188. The topological polar surface area (TPSA) is 82.0 Å². The van der Waals surface area contributed by atoms with E-state index in [1.54, 1.807) is 30.3 Å². The number of hydrogen-bond donors (Lipinski definition) is 1. The maximum absolute atomic E-state index is 11.8. The van der Waals surface area contributed by atoms with E-state index in [1.165, 1.54) is 33.7 Å². The largest absolute Gasteiger partial charge is 0.496 e. The monoisotopic (exact) mass is 315 g/mol. The molecule has 7 heteroatoms. The van der Waals surface area contributed by atoms with Crippen LogP contribution in [0.4, 0.5) is 0 Å². The van der Waals surface area contributed by atoms with Crippen LogP contribution in [0.15, 0.2) is 41.6 Å². The highest BCUT2D eigenvalue weighted by atomic mass is 16.5. The van der Waals surface area contributed by atoms with Crippen LogP contribution in [0.2, 0.25) is 0 Å². The molecule has 0 aliphatic rings. The van der Waals surface area contributed by atoms with Gasteiger partial charge in [-0.05, 0) is 18.2 Å². The molecule has 0 spiro atoms. The number of hydrazone groups is 1. The number of methoxy groups -OCH3 is 3. The number of ether oxygens (including phenoxy) is 3. The van der Waals surface area contributed by atoms with Gasteiger partial charge in [-0.2, -0.15) is 5.10 Å². The highest BCUT2D eigenvalue weighted by Gasteiger charge is 2.10. The zero-order chi connectivity index (χ0) is 16.7. The second-order valence-corrected chi connectivity index (χ2v) is 4.36. The average Bonchev–Trinajstić information content (AvgIpc) is 2.61. The second kappa shape index (κ2) is 7.79. The summed E-state index contributed by atoms with van der Waals surface area (Å²) in [5.74, 6) is 1.21. The fourth-order valence-electron chi connectivity index (χ4n) is 1.87. The molecule has 1 aromatic heterocycles. The number of amides is 1. The smallest absolute Gasteiger partial charge is 0.289 e. The lowest BCUT2D eigenvalue weighted by molar-refractivity contribution is 0.0950. The Morgan fingerprint density at radius 2 is 1.78 bits per heavy atom. The van der Waals surface area contributed by atoms with E-state index in [0.717, 1.165) is 0 Å². The summed E-state index contributed by atoms with van der Waals surface area (Å²) in [4.78, 5) is 15.8. The Balaban J connectivity index is 2.17. The summed E-state index contributed by atoms with van der Waals surface area (Å²) in [7, 11) is 4.61. The molecular formula is C16H17N3O4. The van der Waals surface area contributed by atoms with E-state index in [-0.39, 0.29) is 5.69 Å². The van der Waals surface area contributed by atoms with Gasteiger partial charge < -0.3 is 14.2 Å². The Morgan fingerprint density at radius 3 is 2.39 bits per heavy atom. The van der Waals surface area contributed by atoms with Crippen LogP contribution in [0.3, 0.4) is 0 Å². The van der Waals surface area contributed by atoms with Gasteiger partial charge in [0.25, 0.3) is 5.91 Å². The normalized spacial score (nSPS) is 10.4. The third-order valence-electron chi connectivity index (χ3n) is 3.00. The number of benzene rings is 1. The van der Waals surface area contributed by atoms with Gasteiger partial charge in [0.15, 0.2) is 11.5 Å². The van der Waals surface area contributed by atoms with Crippen LogP contribution in [0.25, 0.3) is 0 Å². The van der Waals surface area contributed by atoms with E-state index >= 15 is 0 Å². The third kappa shape index (κ3) is 3.97. The number of aromatic nitrogens is 1. The van der Waals surface area contributed by atoms with Crippen molar-refractivity contribution < 1.29 is 19.0 Å². The molecule has 0 atom stereocenters. The molecule has 1 N–H and O–H groups in total. The minimum atomic E-state index is -0.402. The molecule has 1 heterocycles. The maximum atomic E-state index is 11.8. The predicted molar refractivity (Wildman–Crippen MR) is 85.4 cm³/mol. The number of carbonyl (C=O) groups excluding carboxylic acids is 1. The number of rotatable bonds is 6. The van der Waals surface area contributed by atoms with Gasteiger partial charge in [-0.15, -0.1) is 0 Å². The molecule has 23 heavy (non-hydrogen) atoms. The highest BCUT2D eigenvalue weighted by Crippen LogP contribution is 2.33. The lowest BCUT2D eigenvalue weighted by Crippen LogP contribution is -2.18. The lowest BCUT2D eigenvalue weighted by atomic mass is 10.2. The third-order valence-corrected chi connectivity index (χ3v) is 3.00. The Hall–Kier alpha value is -3.09. The molecule has 2 rings (SSSR count). The molecule has 0 radical (unpaired) electrons. The molecular weight excluding hydrogens is 298 g/mol. The van der Waals surface area contributed by atoms with E-state index in [0.29, 0.717) is 22.8 Å². The summed E-state index contributed by atoms with van der Waals surface area (Å²) < 4.78 is 15.7. The molecule has 0 fully saturated rings. The minimum Gasteiger partial charge on any atom is -0.496 e. The van der Waals surface area contributed by atoms with Crippen molar-refractivity contribution in [3.63, 3.8) is 0 Å². The molecule has 7 nitrogen and oxygen atoms in total. The van der Waals surface area contributed by atoms with Crippen molar-refractivity contribution in [1.82, 2.24) is 10.4 Å². The van der Waals surface area contributed by atoms with E-state index in [4.69, 9.17) is 14.2 Å². The Morgan fingerprint density at radius 1 is 1.09 bits per heavy atom. The Kier molecular flexibility index (Phi) is 5.51. The van der Waals surface area contributed by atoms with Gasteiger partial charge in [0.05, 0.1) is 27.5 Å². The minimum absolute atomic E-state index is 0.281. The van der Waals surface area contributed by atoms with Gasteiger partial charge >= 0.3 is 0 Å². The molecule has 120 valence electrons. The van der Waals surface area contributed by atoms with Crippen molar-refractivity contribution in [2.45, 2.75) is 0 Å². The number of nitrogens with zero attached hydrogens (tertiary/aromatic N) is 2. The van der Waals surface area contributed by atoms with Crippen LogP contribution in [-0.4, -0.2) is 38.4 Å². The highest BCUT2D eigenvalue weighted by molar-refractivity contribution is 5.93. The van der Waals surface area contributed by atoms with Crippen LogP contribution in [0.1, 0.15) is 16.1 Å². The van der Waals surface area contributed by atoms with Crippen molar-refractivity contribution in [2.75, 3.05) is 21.3 Å². The van der Waals surface area contributed by atoms with Crippen LogP contribution < -0.4 is 19.6 Å². The van der Waals surface area contributed by atoms with Crippen molar-refractivity contribution in [2.24, 2.45) is 5.10 Å². The quantitative estimate of drug-likeness (QED) is 0.650. The van der Waals surface area contributed by atoms with E-state index in [2.05, 4.69) is 15.5 Å². The molecule has 0 aliphatic heterocycles. The first kappa shape index (κ1) is 16.3. The summed E-state index contributed by atoms with van der Waals surface area (Å²) >= 11 is 0. The van der Waals surface area contributed by atoms with Crippen molar-refractivity contribution in [3.05, 3.63) is 47.8 Å². The van der Waals surface area contributed by atoms with Crippen molar-refractivity contribution in [3.8, 4) is 17.2 Å². The lowest BCUT2D eigenvalue weighted by Gasteiger charge is -2.11. The second-order valence-electron chi connectivity index (χ2n) is 4.36. The summed E-state index contributed by atoms with van der Waals surface area (Å²) in [5.41, 5.74) is 3.32. The number of pyridine rings is 1. The number of nitrogens with one attached hydrogen (secondary N) is 1. The van der Waals surface area contributed by atoms with Gasteiger partial charge in [0, 0.05) is 17.8 Å². The fourth-order valence-corrected chi connectivity index (χ4v) is 1.87. The Labute approximate surface area is 133 Å². The summed E-state index contributed by atoms with van der Waals surface area (Å²) in [6.45, 7) is 0. The van der Waals surface area contributed by atoms with Gasteiger partial charge in [0.1, 0.15) is 11.4 Å². The number of hydrogen-bond acceptors (Lipinski definition) is 6. The van der Waals surface area contributed by atoms with Crippen molar-refractivity contribution in [1.29, 1.82) is 0 Å². The zero-order valence-corrected chi connectivity index (χ0v) is 13.1. The first-order chi connectivity index (χ1) is 11.2. The molecule has 0 aliphatic carbocycles. The van der Waals surface area contributed by atoms with Gasteiger partial charge in [0.2, 0.25) is 0 Å². The van der Waals surface area contributed by atoms with E-state index in [9.17, 15) is 4.79 Å². The van der Waals surface area contributed by atoms with Gasteiger partial charge in [-0.3, -0.25) is 9.78 Å². The summed E-state index contributed by atoms with van der Waals surface area (Å²) in [5, 5.41) is 3.92. The van der Waals surface area contributed by atoms with Crippen molar-refractivity contribution >= 4 is 12.1 Å². The average molecular weight is 315 g/mol. The molecule has 0 unspecified atom stereocenters. The maximum Gasteiger partial charge on any atom is 0.289 e. The molecule has 2 aromatic rings. The van der Waals surface area contributed by atoms with E-state index in [1.807, 2.05) is 0 Å².